The van der Waals surface area contributed by atoms with Crippen LogP contribution in [0.3, 0.4) is 0 Å². The van der Waals surface area contributed by atoms with Gasteiger partial charge in [0.05, 0.1) is 0 Å². The van der Waals surface area contributed by atoms with E-state index in [4.69, 9.17) is 0 Å². The number of carbonyl (C=O) groups is 1. The Kier molecular flexibility index (Phi) is 4.75. The fourth-order valence-electron chi connectivity index (χ4n) is 2.28. The molecule has 5 heteroatoms. The molecule has 0 saturated heterocycles. The van der Waals surface area contributed by atoms with Gasteiger partial charge in [-0.2, -0.15) is 0 Å². The highest BCUT2D eigenvalue weighted by Gasteiger charge is 2.14. The Labute approximate surface area is 130 Å². The number of pyridine rings is 2. The van der Waals surface area contributed by atoms with Crippen molar-refractivity contribution < 1.29 is 4.79 Å². The van der Waals surface area contributed by atoms with E-state index in [2.05, 4.69) is 10.3 Å². The lowest BCUT2D eigenvalue weighted by atomic mass is 10.1. The maximum Gasteiger partial charge on any atom is 0.256 e. The monoisotopic (exact) mass is 299 g/mol. The van der Waals surface area contributed by atoms with E-state index in [0.29, 0.717) is 6.42 Å². The minimum atomic E-state index is -0.347. The Morgan fingerprint density at radius 1 is 1.36 bits per heavy atom. The molecule has 0 aliphatic rings. The summed E-state index contributed by atoms with van der Waals surface area (Å²) in [6.07, 6.45) is 2.20. The predicted octanol–water partition coefficient (Wildman–Crippen LogP) is 1.76. The van der Waals surface area contributed by atoms with Gasteiger partial charge < -0.3 is 9.88 Å². The van der Waals surface area contributed by atoms with E-state index in [1.165, 1.54) is 6.07 Å². The molecular weight excluding hydrogens is 278 g/mol. The lowest BCUT2D eigenvalue weighted by Crippen LogP contribution is -2.37. The second kappa shape index (κ2) is 6.56. The molecule has 0 radical (unpaired) electrons. The molecule has 22 heavy (non-hydrogen) atoms. The molecule has 0 aliphatic carbocycles. The summed E-state index contributed by atoms with van der Waals surface area (Å²) in [5.41, 5.74) is 2.60. The minimum Gasteiger partial charge on any atom is -0.354 e. The molecule has 0 spiro atoms. The lowest BCUT2D eigenvalue weighted by molar-refractivity contribution is 0.0938. The van der Waals surface area contributed by atoms with E-state index in [9.17, 15) is 9.59 Å². The van der Waals surface area contributed by atoms with Crippen LogP contribution in [0.15, 0.2) is 35.3 Å². The van der Waals surface area contributed by atoms with E-state index in [0.717, 1.165) is 17.1 Å². The number of carbonyl (C=O) groups excluding carboxylic acids is 1. The highest BCUT2D eigenvalue weighted by molar-refractivity contribution is 5.94. The van der Waals surface area contributed by atoms with Crippen molar-refractivity contribution in [2.45, 2.75) is 33.2 Å². The Morgan fingerprint density at radius 2 is 2.09 bits per heavy atom. The van der Waals surface area contributed by atoms with Crippen molar-refractivity contribution in [2.24, 2.45) is 7.05 Å². The summed E-state index contributed by atoms with van der Waals surface area (Å²) in [6, 6.07) is 7.18. The molecule has 1 N–H and O–H groups in total. The molecule has 0 unspecified atom stereocenters. The summed E-state index contributed by atoms with van der Waals surface area (Å²) in [5.74, 6) is -0.347. The second-order valence-corrected chi connectivity index (χ2v) is 5.65. The summed E-state index contributed by atoms with van der Waals surface area (Å²) in [4.78, 5) is 28.6. The van der Waals surface area contributed by atoms with Gasteiger partial charge in [-0.05, 0) is 32.9 Å². The highest BCUT2D eigenvalue weighted by Crippen LogP contribution is 2.03. The van der Waals surface area contributed by atoms with Crippen LogP contribution in [0.5, 0.6) is 0 Å². The van der Waals surface area contributed by atoms with Gasteiger partial charge in [-0.15, -0.1) is 0 Å². The molecule has 1 atom stereocenters. The molecule has 2 aromatic rings. The van der Waals surface area contributed by atoms with Crippen LogP contribution in [0.25, 0.3) is 0 Å². The Hall–Kier alpha value is -2.43. The average Bonchev–Trinajstić information content (AvgIpc) is 2.42. The zero-order valence-corrected chi connectivity index (χ0v) is 13.4. The number of nitrogens with one attached hydrogen (secondary N) is 1. The van der Waals surface area contributed by atoms with Crippen LogP contribution in [0, 0.1) is 13.8 Å². The first-order chi connectivity index (χ1) is 10.4. The molecule has 0 aromatic carbocycles. The number of aryl methyl sites for hydroxylation is 3. The van der Waals surface area contributed by atoms with Gasteiger partial charge >= 0.3 is 0 Å². The number of hydrogen-bond acceptors (Lipinski definition) is 3. The van der Waals surface area contributed by atoms with Crippen molar-refractivity contribution in [1.29, 1.82) is 0 Å². The van der Waals surface area contributed by atoms with Gasteiger partial charge in [-0.1, -0.05) is 6.07 Å². The Morgan fingerprint density at radius 3 is 2.77 bits per heavy atom. The molecule has 2 rings (SSSR count). The van der Waals surface area contributed by atoms with Crippen molar-refractivity contribution in [3.8, 4) is 0 Å². The van der Waals surface area contributed by atoms with Crippen LogP contribution in [0.2, 0.25) is 0 Å². The first-order valence-corrected chi connectivity index (χ1v) is 7.27. The van der Waals surface area contributed by atoms with E-state index in [1.807, 2.05) is 46.0 Å². The summed E-state index contributed by atoms with van der Waals surface area (Å²) < 4.78 is 1.77. The summed E-state index contributed by atoms with van der Waals surface area (Å²) in [7, 11) is 1.81. The van der Waals surface area contributed by atoms with E-state index < -0.39 is 0 Å². The van der Waals surface area contributed by atoms with Crippen molar-refractivity contribution in [3.63, 3.8) is 0 Å². The van der Waals surface area contributed by atoms with E-state index >= 15 is 0 Å². The van der Waals surface area contributed by atoms with Crippen molar-refractivity contribution in [3.05, 3.63) is 63.3 Å². The number of rotatable bonds is 4. The van der Waals surface area contributed by atoms with Gasteiger partial charge in [-0.25, -0.2) is 0 Å². The molecule has 2 heterocycles. The minimum absolute atomic E-state index is 0.104. The van der Waals surface area contributed by atoms with Gasteiger partial charge in [0.15, 0.2) is 5.43 Å². The summed E-state index contributed by atoms with van der Waals surface area (Å²) >= 11 is 0. The van der Waals surface area contributed by atoms with Gasteiger partial charge in [0.25, 0.3) is 5.91 Å². The smallest absolute Gasteiger partial charge is 0.256 e. The third-order valence-electron chi connectivity index (χ3n) is 3.57. The van der Waals surface area contributed by atoms with E-state index in [1.54, 1.807) is 10.8 Å². The normalized spacial score (nSPS) is 12.0. The molecule has 116 valence electrons. The largest absolute Gasteiger partial charge is 0.354 e. The average molecular weight is 299 g/mol. The van der Waals surface area contributed by atoms with Gasteiger partial charge in [-0.3, -0.25) is 14.6 Å². The number of hydrogen-bond donors (Lipinski definition) is 1. The molecular formula is C17H21N3O2. The summed E-state index contributed by atoms with van der Waals surface area (Å²) in [5, 5.41) is 2.86. The van der Waals surface area contributed by atoms with Crippen LogP contribution >= 0.6 is 0 Å². The molecule has 5 nitrogen and oxygen atoms in total. The SMILES string of the molecule is Cc1cccc(C[C@@H](C)NC(=O)c2cn(C)c(C)cc2=O)n1. The quantitative estimate of drug-likeness (QED) is 0.935. The van der Waals surface area contributed by atoms with Gasteiger partial charge in [0.1, 0.15) is 5.56 Å². The predicted molar refractivity (Wildman–Crippen MR) is 86.0 cm³/mol. The van der Waals surface area contributed by atoms with Crippen LogP contribution in [-0.2, 0) is 13.5 Å². The van der Waals surface area contributed by atoms with Crippen LogP contribution in [0.4, 0.5) is 0 Å². The van der Waals surface area contributed by atoms with E-state index in [-0.39, 0.29) is 22.9 Å². The first-order valence-electron chi connectivity index (χ1n) is 7.27. The zero-order chi connectivity index (χ0) is 16.3. The van der Waals surface area contributed by atoms with Crippen LogP contribution in [0.1, 0.15) is 34.4 Å². The van der Waals surface area contributed by atoms with Crippen molar-refractivity contribution in [1.82, 2.24) is 14.9 Å². The van der Waals surface area contributed by atoms with Gasteiger partial charge in [0, 0.05) is 48.9 Å². The number of nitrogens with zero attached hydrogens (tertiary/aromatic N) is 2. The third kappa shape index (κ3) is 3.81. The summed E-state index contributed by atoms with van der Waals surface area (Å²) in [6.45, 7) is 5.67. The van der Waals surface area contributed by atoms with Crippen molar-refractivity contribution >= 4 is 5.91 Å². The molecule has 0 bridgehead atoms. The first kappa shape index (κ1) is 15.9. The van der Waals surface area contributed by atoms with Crippen LogP contribution in [-0.4, -0.2) is 21.5 Å². The maximum absolute atomic E-state index is 12.3. The molecule has 1 amide bonds. The second-order valence-electron chi connectivity index (χ2n) is 5.65. The molecule has 0 saturated carbocycles. The van der Waals surface area contributed by atoms with Crippen molar-refractivity contribution in [2.75, 3.05) is 0 Å². The standard InChI is InChI=1S/C17H21N3O2/c1-11-6-5-7-14(18-11)8-12(2)19-17(22)15-10-20(4)13(3)9-16(15)21/h5-7,9-10,12H,8H2,1-4H3,(H,19,22)/t12-/m1/s1. The molecule has 0 fully saturated rings. The highest BCUT2D eigenvalue weighted by atomic mass is 16.2. The molecule has 0 aliphatic heterocycles. The third-order valence-corrected chi connectivity index (χ3v) is 3.57. The topological polar surface area (TPSA) is 64.0 Å². The van der Waals surface area contributed by atoms with Gasteiger partial charge in [0.2, 0.25) is 0 Å². The Balaban J connectivity index is 2.08. The molecule has 2 aromatic heterocycles. The van der Waals surface area contributed by atoms with Crippen LogP contribution < -0.4 is 10.7 Å². The Bertz CT molecular complexity index is 750. The lowest BCUT2D eigenvalue weighted by Gasteiger charge is -2.14. The zero-order valence-electron chi connectivity index (χ0n) is 13.4. The number of aromatic nitrogens is 2. The fraction of sp³-hybridized carbons (Fsp3) is 0.353. The number of amides is 1. The maximum atomic E-state index is 12.3. The fourth-order valence-corrected chi connectivity index (χ4v) is 2.28.